The van der Waals surface area contributed by atoms with Gasteiger partial charge in [0.1, 0.15) is 0 Å². The van der Waals surface area contributed by atoms with E-state index in [0.717, 1.165) is 52.5 Å². The molecule has 2 fully saturated rings. The molecular weight excluding hydrogens is 779 g/mol. The van der Waals surface area contributed by atoms with Crippen LogP contribution < -0.4 is 4.90 Å². The van der Waals surface area contributed by atoms with Gasteiger partial charge in [0.25, 0.3) is 30.4 Å². The summed E-state index contributed by atoms with van der Waals surface area (Å²) in [6, 6.07) is 25.0. The molecule has 0 spiro atoms. The Labute approximate surface area is 327 Å². The largest absolute Gasteiger partial charge is 0.368 e. The second-order valence-electron chi connectivity index (χ2n) is 13.6. The normalized spacial score (nSPS) is 16.6. The molecule has 3 aromatic carbocycles. The molecule has 0 bridgehead atoms. The van der Waals surface area contributed by atoms with Crippen molar-refractivity contribution < 1.29 is 38.9 Å². The monoisotopic (exact) mass is 821 g/mol. The fourth-order valence-corrected chi connectivity index (χ4v) is 7.61. The highest BCUT2D eigenvalue weighted by Crippen LogP contribution is 2.35. The lowest BCUT2D eigenvalue weighted by molar-refractivity contribution is 0.0827. The van der Waals surface area contributed by atoms with E-state index in [1.54, 1.807) is 36.4 Å². The maximum absolute atomic E-state index is 10.5. The van der Waals surface area contributed by atoms with Crippen LogP contribution in [0, 0.1) is 26.7 Å². The van der Waals surface area contributed by atoms with Gasteiger partial charge in [0.05, 0.1) is 37.8 Å². The zero-order valence-electron chi connectivity index (χ0n) is 31.1. The highest BCUT2D eigenvalue weighted by atomic mass is 32.2. The van der Waals surface area contributed by atoms with Gasteiger partial charge in [0, 0.05) is 61.1 Å². The lowest BCUT2D eigenvalue weighted by atomic mass is 9.93. The third kappa shape index (κ3) is 11.1. The molecule has 0 saturated carbocycles. The molecule has 0 aliphatic carbocycles. The van der Waals surface area contributed by atoms with Gasteiger partial charge in [-0.2, -0.15) is 25.3 Å². The van der Waals surface area contributed by atoms with Gasteiger partial charge < -0.3 is 14.8 Å². The van der Waals surface area contributed by atoms with Gasteiger partial charge in [-0.3, -0.25) is 23.6 Å². The minimum absolute atomic E-state index is 0.0666. The van der Waals surface area contributed by atoms with Crippen molar-refractivity contribution in [3.05, 3.63) is 132 Å². The Kier molecular flexibility index (Phi) is 13.1. The molecule has 2 aliphatic heterocycles. The lowest BCUT2D eigenvalue weighted by Crippen LogP contribution is -2.52. The van der Waals surface area contributed by atoms with Crippen LogP contribution in [0.2, 0.25) is 0 Å². The van der Waals surface area contributed by atoms with Crippen molar-refractivity contribution in [2.45, 2.75) is 41.5 Å². The van der Waals surface area contributed by atoms with Crippen molar-refractivity contribution in [3.8, 4) is 11.3 Å². The molecule has 0 amide bonds. The summed E-state index contributed by atoms with van der Waals surface area (Å²) in [7, 11) is -9.84. The van der Waals surface area contributed by atoms with Crippen molar-refractivity contribution >= 4 is 46.9 Å². The number of rotatable bonds is 5. The van der Waals surface area contributed by atoms with E-state index in [4.69, 9.17) is 13.7 Å². The Morgan fingerprint density at radius 2 is 1.12 bits per heavy atom. The van der Waals surface area contributed by atoms with E-state index in [1.165, 1.54) is 54.0 Å². The number of likely N-dealkylation sites (tertiary alicyclic amines) is 1. The number of aromatic nitrogens is 3. The second-order valence-corrected chi connectivity index (χ2v) is 17.8. The van der Waals surface area contributed by atoms with Crippen LogP contribution in [0.4, 0.5) is 5.69 Å². The maximum atomic E-state index is 10.5. The molecule has 3 aromatic heterocycles. The molecular formula is C39H43N5O9S3. The summed E-state index contributed by atoms with van der Waals surface area (Å²) < 4.78 is 88.7. The summed E-state index contributed by atoms with van der Waals surface area (Å²) in [5, 5.41) is 1.18. The number of H-pyrrole nitrogens is 1. The molecule has 2 atom stereocenters. The van der Waals surface area contributed by atoms with Gasteiger partial charge in [-0.15, -0.1) is 0 Å². The summed E-state index contributed by atoms with van der Waals surface area (Å²) in [4.78, 5) is 17.1. The van der Waals surface area contributed by atoms with E-state index in [0.29, 0.717) is 6.04 Å². The first kappa shape index (κ1) is 42.1. The Morgan fingerprint density at radius 1 is 0.643 bits per heavy atom. The van der Waals surface area contributed by atoms with E-state index in [-0.39, 0.29) is 14.7 Å². The van der Waals surface area contributed by atoms with Gasteiger partial charge in [-0.1, -0.05) is 53.1 Å². The number of fused-ring (bicyclic) bond motifs is 2. The first-order chi connectivity index (χ1) is 26.3. The summed E-state index contributed by atoms with van der Waals surface area (Å²) in [6.07, 6.45) is 7.70. The highest BCUT2D eigenvalue weighted by molar-refractivity contribution is 7.86. The van der Waals surface area contributed by atoms with Crippen LogP contribution in [0.1, 0.15) is 16.7 Å². The predicted molar refractivity (Wildman–Crippen MR) is 214 cm³/mol. The van der Waals surface area contributed by atoms with E-state index in [2.05, 4.69) is 43.9 Å². The standard InChI is InChI=1S/C18H19N5.3C7H8O3S/c1-22-9-14-10-23(11-16(14)22)15-6-13(7-19-8-15)18-17-12(2-4-20-17)3-5-21-18;3*1-6-2-4-7(5-3-6)11(8,9)10/h2-8,14,16,20H,9-11H2,1H3;3*2-5H,1H3,(H,8,9,10)/t14-,16+;;;/m0.../s1. The zero-order chi connectivity index (χ0) is 40.8. The van der Waals surface area contributed by atoms with Crippen LogP contribution in [0.15, 0.2) is 130 Å². The highest BCUT2D eigenvalue weighted by Gasteiger charge is 2.43. The molecule has 14 nitrogen and oxygen atoms in total. The Morgan fingerprint density at radius 3 is 1.55 bits per heavy atom. The zero-order valence-corrected chi connectivity index (χ0v) is 33.5. The molecule has 4 N–H and O–H groups in total. The SMILES string of the molecule is CN1C[C@H]2CN(c3cncc(-c4nccc5cc[nH]c45)c3)C[C@H]21.Cc1ccc(S(=O)(=O)O)cc1.Cc1ccc(S(=O)(=O)O)cc1.Cc1ccc(S(=O)(=O)O)cc1. The van der Waals surface area contributed by atoms with Crippen LogP contribution >= 0.6 is 0 Å². The number of aromatic amines is 1. The van der Waals surface area contributed by atoms with E-state index >= 15 is 0 Å². The van der Waals surface area contributed by atoms with Gasteiger partial charge in [-0.25, -0.2) is 0 Å². The topological polar surface area (TPSA) is 211 Å². The van der Waals surface area contributed by atoms with Crippen molar-refractivity contribution in [2.75, 3.05) is 31.6 Å². The Bertz CT molecular complexity index is 2430. The predicted octanol–water partition coefficient (Wildman–Crippen LogP) is 6.10. The average Bonchev–Trinajstić information content (AvgIpc) is 3.76. The number of likely N-dealkylation sites (N-methyl/N-ethyl adjacent to an activating group) is 1. The first-order valence-electron chi connectivity index (χ1n) is 17.2. The maximum Gasteiger partial charge on any atom is 0.294 e. The van der Waals surface area contributed by atoms with Gasteiger partial charge in [0.2, 0.25) is 0 Å². The summed E-state index contributed by atoms with van der Waals surface area (Å²) >= 11 is 0. The quantitative estimate of drug-likeness (QED) is 0.145. The molecule has 2 saturated heterocycles. The fraction of sp³-hybridized carbons (Fsp3) is 0.231. The van der Waals surface area contributed by atoms with Crippen LogP contribution in [-0.4, -0.2) is 91.5 Å². The van der Waals surface area contributed by atoms with Crippen LogP contribution in [0.5, 0.6) is 0 Å². The van der Waals surface area contributed by atoms with E-state index in [1.807, 2.05) is 51.6 Å². The number of nitrogens with zero attached hydrogens (tertiary/aromatic N) is 4. The van der Waals surface area contributed by atoms with Crippen LogP contribution in [0.3, 0.4) is 0 Å². The average molecular weight is 822 g/mol. The third-order valence-corrected chi connectivity index (χ3v) is 11.9. The number of aryl methyl sites for hydroxylation is 3. The lowest BCUT2D eigenvalue weighted by Gasteiger charge is -2.40. The molecule has 296 valence electrons. The minimum atomic E-state index is -4.02. The van der Waals surface area contributed by atoms with Crippen LogP contribution in [0.25, 0.3) is 22.2 Å². The molecule has 8 rings (SSSR count). The fourth-order valence-electron chi connectivity index (χ4n) is 6.17. The molecule has 56 heavy (non-hydrogen) atoms. The summed E-state index contributed by atoms with van der Waals surface area (Å²) in [5.74, 6) is 0.814. The van der Waals surface area contributed by atoms with Gasteiger partial charge in [-0.05, 0) is 82.4 Å². The van der Waals surface area contributed by atoms with E-state index in [9.17, 15) is 25.3 Å². The smallest absolute Gasteiger partial charge is 0.294 e. The van der Waals surface area contributed by atoms with Crippen molar-refractivity contribution in [2.24, 2.45) is 5.92 Å². The van der Waals surface area contributed by atoms with E-state index < -0.39 is 30.4 Å². The number of nitrogens with one attached hydrogen (secondary N) is 1. The molecule has 5 heterocycles. The third-order valence-electron chi connectivity index (χ3n) is 9.29. The van der Waals surface area contributed by atoms with Crippen LogP contribution in [-0.2, 0) is 30.4 Å². The van der Waals surface area contributed by atoms with Gasteiger partial charge in [0.15, 0.2) is 0 Å². The summed E-state index contributed by atoms with van der Waals surface area (Å²) in [5.41, 5.74) is 7.19. The minimum Gasteiger partial charge on any atom is -0.368 e. The van der Waals surface area contributed by atoms with Crippen molar-refractivity contribution in [1.29, 1.82) is 0 Å². The molecule has 0 unspecified atom stereocenters. The van der Waals surface area contributed by atoms with Gasteiger partial charge >= 0.3 is 0 Å². The number of pyridine rings is 2. The molecule has 17 heteroatoms. The Hall–Kier alpha value is -5.01. The second kappa shape index (κ2) is 17.4. The number of hydrogen-bond acceptors (Lipinski definition) is 10. The number of benzene rings is 3. The van der Waals surface area contributed by atoms with Crippen molar-refractivity contribution in [3.63, 3.8) is 0 Å². The Balaban J connectivity index is 0.000000155. The first-order valence-corrected chi connectivity index (χ1v) is 21.6. The summed E-state index contributed by atoms with van der Waals surface area (Å²) in [6.45, 7) is 8.99. The molecule has 6 aromatic rings. The number of anilines is 1. The number of hydrogen-bond donors (Lipinski definition) is 4. The molecule has 2 aliphatic rings. The van der Waals surface area contributed by atoms with Crippen molar-refractivity contribution in [1.82, 2.24) is 19.9 Å². The molecule has 0 radical (unpaired) electrons.